The molecule has 2 fully saturated rings. The van der Waals surface area contributed by atoms with E-state index >= 15 is 0 Å². The van der Waals surface area contributed by atoms with E-state index in [0.717, 1.165) is 26.2 Å². The third-order valence-electron chi connectivity index (χ3n) is 4.52. The Hall–Kier alpha value is -2.81. The first-order chi connectivity index (χ1) is 12.7. The third-order valence-corrected chi connectivity index (χ3v) is 4.52. The van der Waals surface area contributed by atoms with Crippen LogP contribution in [0.25, 0.3) is 0 Å². The molecule has 0 saturated carbocycles. The average Bonchev–Trinajstić information content (AvgIpc) is 3.30. The number of halogens is 1. The van der Waals surface area contributed by atoms with Gasteiger partial charge in [-0.3, -0.25) is 4.90 Å². The standard InChI is InChI=1S/C17H20FN5O3/c18-14-9-12(1-2-15(14)22-6-4-19-5-7-22)23-11-13(26-17(23)24)10-20-16-3-8-25-21-16/h1-3,8-9,13,19H,4-7,10-11H2,(H,20,21)/t13-/m0/s1. The second-order valence-corrected chi connectivity index (χ2v) is 6.25. The second-order valence-electron chi connectivity index (χ2n) is 6.25. The zero-order chi connectivity index (χ0) is 17.9. The fourth-order valence-electron chi connectivity index (χ4n) is 3.19. The summed E-state index contributed by atoms with van der Waals surface area (Å²) in [5.41, 5.74) is 1.06. The molecule has 0 radical (unpaired) electrons. The molecule has 2 aromatic rings. The number of cyclic esters (lactones) is 1. The topological polar surface area (TPSA) is 82.9 Å². The first kappa shape index (κ1) is 16.6. The van der Waals surface area contributed by atoms with E-state index in [0.29, 0.717) is 30.3 Å². The molecule has 9 heteroatoms. The predicted molar refractivity (Wildman–Crippen MR) is 94.1 cm³/mol. The minimum Gasteiger partial charge on any atom is -0.442 e. The smallest absolute Gasteiger partial charge is 0.414 e. The van der Waals surface area contributed by atoms with Gasteiger partial charge in [-0.25, -0.2) is 9.18 Å². The SMILES string of the molecule is O=C1O[C@@H](CNc2ccon2)CN1c1ccc(N2CCNCC2)c(F)c1. The van der Waals surface area contributed by atoms with Gasteiger partial charge in [0.25, 0.3) is 0 Å². The third kappa shape index (κ3) is 3.43. The molecule has 1 atom stereocenters. The molecule has 0 aliphatic carbocycles. The fraction of sp³-hybridized carbons (Fsp3) is 0.412. The quantitative estimate of drug-likeness (QED) is 0.838. The van der Waals surface area contributed by atoms with Gasteiger partial charge in [0.1, 0.15) is 18.2 Å². The van der Waals surface area contributed by atoms with Crippen LogP contribution in [-0.2, 0) is 4.74 Å². The summed E-state index contributed by atoms with van der Waals surface area (Å²) >= 11 is 0. The van der Waals surface area contributed by atoms with Gasteiger partial charge in [0, 0.05) is 32.2 Å². The lowest BCUT2D eigenvalue weighted by Crippen LogP contribution is -2.43. The molecule has 2 N–H and O–H groups in total. The van der Waals surface area contributed by atoms with Crippen LogP contribution < -0.4 is 20.4 Å². The molecular weight excluding hydrogens is 341 g/mol. The molecule has 0 spiro atoms. The van der Waals surface area contributed by atoms with Gasteiger partial charge < -0.3 is 24.8 Å². The highest BCUT2D eigenvalue weighted by Gasteiger charge is 2.33. The van der Waals surface area contributed by atoms with Gasteiger partial charge in [-0.05, 0) is 18.2 Å². The van der Waals surface area contributed by atoms with Crippen LogP contribution in [0.2, 0.25) is 0 Å². The minimum atomic E-state index is -0.480. The average molecular weight is 361 g/mol. The number of nitrogens with one attached hydrogen (secondary N) is 2. The number of amides is 1. The van der Waals surface area contributed by atoms with E-state index in [1.165, 1.54) is 17.2 Å². The van der Waals surface area contributed by atoms with Gasteiger partial charge in [0.2, 0.25) is 0 Å². The van der Waals surface area contributed by atoms with Crippen LogP contribution in [0.3, 0.4) is 0 Å². The second kappa shape index (κ2) is 7.20. The highest BCUT2D eigenvalue weighted by atomic mass is 19.1. The number of hydrogen-bond donors (Lipinski definition) is 2. The van der Waals surface area contributed by atoms with Crippen LogP contribution in [0.1, 0.15) is 0 Å². The lowest BCUT2D eigenvalue weighted by atomic mass is 10.2. The fourth-order valence-corrected chi connectivity index (χ4v) is 3.19. The number of piperazine rings is 1. The summed E-state index contributed by atoms with van der Waals surface area (Å²) in [5, 5.41) is 10.0. The molecule has 26 heavy (non-hydrogen) atoms. The van der Waals surface area contributed by atoms with E-state index in [1.54, 1.807) is 18.2 Å². The molecule has 1 amide bonds. The maximum atomic E-state index is 14.6. The highest BCUT2D eigenvalue weighted by molar-refractivity contribution is 5.90. The summed E-state index contributed by atoms with van der Waals surface area (Å²) in [6, 6.07) is 6.56. The molecule has 1 aromatic heterocycles. The lowest BCUT2D eigenvalue weighted by Gasteiger charge is -2.30. The van der Waals surface area contributed by atoms with Gasteiger partial charge in [-0.15, -0.1) is 0 Å². The Morgan fingerprint density at radius 2 is 2.15 bits per heavy atom. The Kier molecular flexibility index (Phi) is 4.61. The molecule has 3 heterocycles. The largest absolute Gasteiger partial charge is 0.442 e. The van der Waals surface area contributed by atoms with Crippen LogP contribution in [0, 0.1) is 5.82 Å². The van der Waals surface area contributed by atoms with Crippen molar-refractivity contribution >= 4 is 23.3 Å². The zero-order valence-corrected chi connectivity index (χ0v) is 14.2. The number of benzene rings is 1. The number of nitrogens with zero attached hydrogens (tertiary/aromatic N) is 3. The van der Waals surface area contributed by atoms with Crippen molar-refractivity contribution in [3.05, 3.63) is 36.3 Å². The number of rotatable bonds is 5. The monoisotopic (exact) mass is 361 g/mol. The summed E-state index contributed by atoms with van der Waals surface area (Å²) in [4.78, 5) is 15.6. The molecule has 2 aliphatic heterocycles. The molecule has 138 valence electrons. The Balaban J connectivity index is 1.41. The van der Waals surface area contributed by atoms with Gasteiger partial charge in [0.15, 0.2) is 5.82 Å². The van der Waals surface area contributed by atoms with Crippen LogP contribution in [-0.4, -0.2) is 56.6 Å². The summed E-state index contributed by atoms with van der Waals surface area (Å²) in [6.07, 6.45) is 0.624. The van der Waals surface area contributed by atoms with Crippen molar-refractivity contribution in [3.63, 3.8) is 0 Å². The normalized spacial score (nSPS) is 20.3. The number of hydrogen-bond acceptors (Lipinski definition) is 7. The molecule has 4 rings (SSSR count). The van der Waals surface area contributed by atoms with Crippen LogP contribution in [0.5, 0.6) is 0 Å². The first-order valence-corrected chi connectivity index (χ1v) is 8.58. The summed E-state index contributed by atoms with van der Waals surface area (Å²) in [7, 11) is 0. The molecule has 2 saturated heterocycles. The van der Waals surface area contributed by atoms with Crippen molar-refractivity contribution in [3.8, 4) is 0 Å². The molecule has 0 unspecified atom stereocenters. The van der Waals surface area contributed by atoms with Gasteiger partial charge in [-0.2, -0.15) is 0 Å². The molecule has 0 bridgehead atoms. The zero-order valence-electron chi connectivity index (χ0n) is 14.2. The number of anilines is 3. The van der Waals surface area contributed by atoms with Crippen molar-refractivity contribution in [1.82, 2.24) is 10.5 Å². The predicted octanol–water partition coefficient (Wildman–Crippen LogP) is 1.66. The summed E-state index contributed by atoms with van der Waals surface area (Å²) in [5.74, 6) is 0.243. The Morgan fingerprint density at radius 3 is 2.88 bits per heavy atom. The first-order valence-electron chi connectivity index (χ1n) is 8.58. The van der Waals surface area contributed by atoms with Crippen LogP contribution in [0.4, 0.5) is 26.4 Å². The molecular formula is C17H20FN5O3. The van der Waals surface area contributed by atoms with Crippen LogP contribution in [0.15, 0.2) is 35.1 Å². The van der Waals surface area contributed by atoms with E-state index < -0.39 is 6.09 Å². The molecule has 1 aromatic carbocycles. The maximum absolute atomic E-state index is 14.6. The Labute approximate surface area is 149 Å². The number of carbonyl (C=O) groups is 1. The van der Waals surface area contributed by atoms with Gasteiger partial charge in [-0.1, -0.05) is 5.16 Å². The van der Waals surface area contributed by atoms with E-state index in [1.807, 2.05) is 4.90 Å². The van der Waals surface area contributed by atoms with Gasteiger partial charge >= 0.3 is 6.09 Å². The maximum Gasteiger partial charge on any atom is 0.414 e. The minimum absolute atomic E-state index is 0.332. The summed E-state index contributed by atoms with van der Waals surface area (Å²) < 4.78 is 24.6. The van der Waals surface area contributed by atoms with Crippen molar-refractivity contribution < 1.29 is 18.4 Å². The van der Waals surface area contributed by atoms with Crippen molar-refractivity contribution in [1.29, 1.82) is 0 Å². The number of ether oxygens (including phenoxy) is 1. The van der Waals surface area contributed by atoms with E-state index in [4.69, 9.17) is 9.26 Å². The van der Waals surface area contributed by atoms with Crippen molar-refractivity contribution in [2.24, 2.45) is 0 Å². The molecule has 8 nitrogen and oxygen atoms in total. The van der Waals surface area contributed by atoms with E-state index in [-0.39, 0.29) is 11.9 Å². The summed E-state index contributed by atoms with van der Waals surface area (Å²) in [6.45, 7) is 3.93. The molecule has 2 aliphatic rings. The lowest BCUT2D eigenvalue weighted by molar-refractivity contribution is 0.147. The Bertz CT molecular complexity index is 764. The number of aromatic nitrogens is 1. The van der Waals surface area contributed by atoms with Gasteiger partial charge in [0.05, 0.1) is 24.5 Å². The van der Waals surface area contributed by atoms with E-state index in [9.17, 15) is 9.18 Å². The van der Waals surface area contributed by atoms with Crippen LogP contribution >= 0.6 is 0 Å². The highest BCUT2D eigenvalue weighted by Crippen LogP contribution is 2.28. The number of carbonyl (C=O) groups excluding carboxylic acids is 1. The van der Waals surface area contributed by atoms with E-state index in [2.05, 4.69) is 15.8 Å². The Morgan fingerprint density at radius 1 is 1.31 bits per heavy atom. The van der Waals surface area contributed by atoms with Crippen molar-refractivity contribution in [2.75, 3.05) is 54.4 Å². The van der Waals surface area contributed by atoms with Crippen molar-refractivity contribution in [2.45, 2.75) is 6.10 Å².